The molecule has 0 saturated heterocycles. The van der Waals surface area contributed by atoms with Crippen molar-refractivity contribution in [2.45, 2.75) is 13.5 Å². The third-order valence-corrected chi connectivity index (χ3v) is 2.86. The van der Waals surface area contributed by atoms with Gasteiger partial charge in [-0.15, -0.1) is 5.10 Å². The fourth-order valence-electron chi connectivity index (χ4n) is 1.96. The predicted octanol–water partition coefficient (Wildman–Crippen LogP) is 1.12. The third-order valence-electron chi connectivity index (χ3n) is 2.86. The molecule has 0 amide bonds. The summed E-state index contributed by atoms with van der Waals surface area (Å²) < 4.78 is 11.6. The van der Waals surface area contributed by atoms with Gasteiger partial charge in [-0.2, -0.15) is 0 Å². The van der Waals surface area contributed by atoms with E-state index in [4.69, 9.17) is 14.6 Å². The van der Waals surface area contributed by atoms with Crippen molar-refractivity contribution in [3.05, 3.63) is 30.0 Å². The number of carbonyl (C=O) groups excluding carboxylic acids is 1. The molecule has 7 nitrogen and oxygen atoms in total. The Labute approximate surface area is 122 Å². The number of carbonyl (C=O) groups is 1. The zero-order valence-corrected chi connectivity index (χ0v) is 11.9. The van der Waals surface area contributed by atoms with E-state index in [1.807, 2.05) is 6.07 Å². The van der Waals surface area contributed by atoms with Gasteiger partial charge in [-0.05, 0) is 19.1 Å². The Balaban J connectivity index is 2.52. The molecule has 1 aromatic carbocycles. The molecule has 0 spiro atoms. The number of esters is 1. The van der Waals surface area contributed by atoms with Gasteiger partial charge in [0.05, 0.1) is 26.9 Å². The highest BCUT2D eigenvalue weighted by Gasteiger charge is 2.22. The first-order valence-electron chi connectivity index (χ1n) is 6.57. The Morgan fingerprint density at radius 1 is 1.43 bits per heavy atom. The average Bonchev–Trinajstić information content (AvgIpc) is 2.92. The molecule has 0 unspecified atom stereocenters. The minimum Gasteiger partial charge on any atom is -0.497 e. The van der Waals surface area contributed by atoms with E-state index in [-0.39, 0.29) is 25.5 Å². The molecule has 0 atom stereocenters. The summed E-state index contributed by atoms with van der Waals surface area (Å²) in [5, 5.41) is 16.9. The summed E-state index contributed by atoms with van der Waals surface area (Å²) in [6.07, 6.45) is 0. The maximum atomic E-state index is 12.0. The quantitative estimate of drug-likeness (QED) is 0.803. The molecular formula is C14H17N3O4. The normalized spacial score (nSPS) is 10.4. The lowest BCUT2D eigenvalue weighted by Gasteiger charge is -2.08. The second-order valence-corrected chi connectivity index (χ2v) is 4.19. The highest BCUT2D eigenvalue weighted by molar-refractivity contribution is 5.94. The minimum absolute atomic E-state index is 0.109. The summed E-state index contributed by atoms with van der Waals surface area (Å²) >= 11 is 0. The lowest BCUT2D eigenvalue weighted by atomic mass is 10.1. The third kappa shape index (κ3) is 3.19. The smallest absolute Gasteiger partial charge is 0.361 e. The Hall–Kier alpha value is -2.41. The van der Waals surface area contributed by atoms with E-state index < -0.39 is 5.97 Å². The number of rotatable bonds is 6. The van der Waals surface area contributed by atoms with Crippen molar-refractivity contribution in [1.82, 2.24) is 15.0 Å². The van der Waals surface area contributed by atoms with Crippen LogP contribution >= 0.6 is 0 Å². The van der Waals surface area contributed by atoms with Gasteiger partial charge in [0.15, 0.2) is 5.69 Å². The number of methoxy groups -OCH3 is 1. The molecule has 0 aliphatic carbocycles. The SMILES string of the molecule is CCOC(=O)c1nnn(CCO)c1-c1cccc(OC)c1. The Morgan fingerprint density at radius 3 is 2.90 bits per heavy atom. The van der Waals surface area contributed by atoms with Crippen molar-refractivity contribution in [1.29, 1.82) is 0 Å². The topological polar surface area (TPSA) is 86.5 Å². The van der Waals surface area contributed by atoms with E-state index in [1.165, 1.54) is 4.68 Å². The minimum atomic E-state index is -0.542. The zero-order valence-electron chi connectivity index (χ0n) is 11.9. The van der Waals surface area contributed by atoms with Gasteiger partial charge in [-0.1, -0.05) is 17.3 Å². The summed E-state index contributed by atoms with van der Waals surface area (Å²) in [5.41, 5.74) is 1.34. The number of nitrogens with zero attached hydrogens (tertiary/aromatic N) is 3. The molecule has 112 valence electrons. The number of aromatic nitrogens is 3. The summed E-state index contributed by atoms with van der Waals surface area (Å²) in [4.78, 5) is 12.0. The number of aliphatic hydroxyl groups excluding tert-OH is 1. The molecular weight excluding hydrogens is 274 g/mol. The molecule has 1 aromatic heterocycles. The number of benzene rings is 1. The van der Waals surface area contributed by atoms with Gasteiger partial charge in [0.2, 0.25) is 0 Å². The molecule has 0 fully saturated rings. The maximum Gasteiger partial charge on any atom is 0.361 e. The first kappa shape index (κ1) is 15.0. The van der Waals surface area contributed by atoms with Crippen LogP contribution in [-0.2, 0) is 11.3 Å². The van der Waals surface area contributed by atoms with E-state index in [0.29, 0.717) is 11.4 Å². The van der Waals surface area contributed by atoms with Crippen LogP contribution in [0.1, 0.15) is 17.4 Å². The first-order chi connectivity index (χ1) is 10.2. The van der Waals surface area contributed by atoms with Crippen molar-refractivity contribution in [2.75, 3.05) is 20.3 Å². The molecule has 1 heterocycles. The van der Waals surface area contributed by atoms with Crippen LogP contribution in [0.25, 0.3) is 11.3 Å². The molecule has 0 saturated carbocycles. The number of aliphatic hydroxyl groups is 1. The van der Waals surface area contributed by atoms with Gasteiger partial charge in [0.1, 0.15) is 11.4 Å². The van der Waals surface area contributed by atoms with Gasteiger partial charge in [-0.3, -0.25) is 0 Å². The van der Waals surface area contributed by atoms with Gasteiger partial charge in [0.25, 0.3) is 0 Å². The summed E-state index contributed by atoms with van der Waals surface area (Å²) in [6, 6.07) is 7.19. The predicted molar refractivity (Wildman–Crippen MR) is 75.1 cm³/mol. The van der Waals surface area contributed by atoms with Crippen molar-refractivity contribution in [3.63, 3.8) is 0 Å². The Bertz CT molecular complexity index is 624. The monoisotopic (exact) mass is 291 g/mol. The van der Waals surface area contributed by atoms with Gasteiger partial charge >= 0.3 is 5.97 Å². The van der Waals surface area contributed by atoms with Crippen molar-refractivity contribution in [2.24, 2.45) is 0 Å². The molecule has 2 rings (SSSR count). The highest BCUT2D eigenvalue weighted by Crippen LogP contribution is 2.26. The molecule has 0 aliphatic rings. The van der Waals surface area contributed by atoms with Crippen LogP contribution in [0.5, 0.6) is 5.75 Å². The standard InChI is InChI=1S/C14H17N3O4/c1-3-21-14(19)12-13(17(7-8-18)16-15-12)10-5-4-6-11(9-10)20-2/h4-6,9,18H,3,7-8H2,1-2H3. The number of ether oxygens (including phenoxy) is 2. The molecule has 2 aromatic rings. The largest absolute Gasteiger partial charge is 0.497 e. The van der Waals surface area contributed by atoms with Gasteiger partial charge in [-0.25, -0.2) is 9.48 Å². The summed E-state index contributed by atoms with van der Waals surface area (Å²) in [6.45, 7) is 2.10. The van der Waals surface area contributed by atoms with Gasteiger partial charge < -0.3 is 14.6 Å². The van der Waals surface area contributed by atoms with Crippen LogP contribution in [0.4, 0.5) is 0 Å². The fourth-order valence-corrected chi connectivity index (χ4v) is 1.96. The molecule has 0 aliphatic heterocycles. The van der Waals surface area contributed by atoms with Crippen LogP contribution < -0.4 is 4.74 Å². The average molecular weight is 291 g/mol. The van der Waals surface area contributed by atoms with Crippen LogP contribution in [0.2, 0.25) is 0 Å². The van der Waals surface area contributed by atoms with Crippen molar-refractivity contribution < 1.29 is 19.4 Å². The van der Waals surface area contributed by atoms with E-state index in [2.05, 4.69) is 10.3 Å². The van der Waals surface area contributed by atoms with Crippen molar-refractivity contribution >= 4 is 5.97 Å². The molecule has 1 N–H and O–H groups in total. The van der Waals surface area contributed by atoms with E-state index >= 15 is 0 Å². The molecule has 21 heavy (non-hydrogen) atoms. The fraction of sp³-hybridized carbons (Fsp3) is 0.357. The summed E-state index contributed by atoms with van der Waals surface area (Å²) in [7, 11) is 1.56. The summed E-state index contributed by atoms with van der Waals surface area (Å²) in [5.74, 6) is 0.110. The van der Waals surface area contributed by atoms with Crippen LogP contribution in [0.3, 0.4) is 0 Å². The van der Waals surface area contributed by atoms with E-state index in [9.17, 15) is 4.79 Å². The zero-order chi connectivity index (χ0) is 15.2. The van der Waals surface area contributed by atoms with Gasteiger partial charge in [0, 0.05) is 5.56 Å². The molecule has 0 bridgehead atoms. The second-order valence-electron chi connectivity index (χ2n) is 4.19. The van der Waals surface area contributed by atoms with Crippen molar-refractivity contribution in [3.8, 4) is 17.0 Å². The maximum absolute atomic E-state index is 12.0. The second kappa shape index (κ2) is 6.85. The number of hydrogen-bond donors (Lipinski definition) is 1. The molecule has 7 heteroatoms. The van der Waals surface area contributed by atoms with E-state index in [0.717, 1.165) is 5.56 Å². The number of hydrogen-bond acceptors (Lipinski definition) is 6. The van der Waals surface area contributed by atoms with Crippen LogP contribution in [-0.4, -0.2) is 46.4 Å². The Kier molecular flexibility index (Phi) is 4.89. The van der Waals surface area contributed by atoms with Crippen LogP contribution in [0.15, 0.2) is 24.3 Å². The van der Waals surface area contributed by atoms with Crippen LogP contribution in [0, 0.1) is 0 Å². The first-order valence-corrected chi connectivity index (χ1v) is 6.57. The molecule has 0 radical (unpaired) electrons. The lowest BCUT2D eigenvalue weighted by molar-refractivity contribution is 0.0520. The lowest BCUT2D eigenvalue weighted by Crippen LogP contribution is -2.09. The Morgan fingerprint density at radius 2 is 2.24 bits per heavy atom. The highest BCUT2D eigenvalue weighted by atomic mass is 16.5. The van der Waals surface area contributed by atoms with E-state index in [1.54, 1.807) is 32.2 Å².